The van der Waals surface area contributed by atoms with Crippen LogP contribution in [0.1, 0.15) is 98.0 Å². The molecule has 0 radical (unpaired) electrons. The molecule has 1 amide bonds. The second-order valence-electron chi connectivity index (χ2n) is 13.3. The lowest BCUT2D eigenvalue weighted by molar-refractivity contribution is -0.163. The van der Waals surface area contributed by atoms with Gasteiger partial charge in [0, 0.05) is 0 Å². The van der Waals surface area contributed by atoms with Crippen LogP contribution in [0.25, 0.3) is 0 Å². The van der Waals surface area contributed by atoms with Crippen LogP contribution in [0.5, 0.6) is 0 Å². The molecule has 2 unspecified atom stereocenters. The second kappa shape index (κ2) is 9.67. The Morgan fingerprint density at radius 3 is 2.12 bits per heavy atom. The number of rotatable bonds is 7. The summed E-state index contributed by atoms with van der Waals surface area (Å²) in [7, 11) is 0. The standard InChI is InChI=1S/C30H31Cl2F4N3O4/c1-26(2)21-4-3-5-29(21,26)38(15-20(40)22-18(31)12-16(33)13-19(22)32)24(41)17-14-37-39(23(17)30(34,35)36)28-9-6-27(7-10-28,8-11-28)25(42)43/h12-14,21H,3-11,15H2,1-2H3,(H,42,43). The Bertz CT molecular complexity index is 1510. The highest BCUT2D eigenvalue weighted by Crippen LogP contribution is 2.73. The molecule has 232 valence electrons. The van der Waals surface area contributed by atoms with Gasteiger partial charge in [-0.2, -0.15) is 18.3 Å². The molecule has 7 nitrogen and oxygen atoms in total. The van der Waals surface area contributed by atoms with Crippen LogP contribution in [0.2, 0.25) is 10.0 Å². The van der Waals surface area contributed by atoms with E-state index in [1.165, 1.54) is 4.90 Å². The van der Waals surface area contributed by atoms with Gasteiger partial charge >= 0.3 is 12.1 Å². The van der Waals surface area contributed by atoms with Gasteiger partial charge in [0.1, 0.15) is 5.82 Å². The number of carboxylic acids is 1. The van der Waals surface area contributed by atoms with Gasteiger partial charge in [-0.3, -0.25) is 19.1 Å². The Hall–Kier alpha value is -2.66. The van der Waals surface area contributed by atoms with Crippen LogP contribution in [0.15, 0.2) is 18.3 Å². The van der Waals surface area contributed by atoms with Crippen LogP contribution in [0.3, 0.4) is 0 Å². The van der Waals surface area contributed by atoms with E-state index in [0.29, 0.717) is 6.42 Å². The van der Waals surface area contributed by atoms with E-state index in [1.54, 1.807) is 0 Å². The number of aliphatic carboxylic acids is 1. The molecule has 5 aliphatic rings. The number of carboxylic acid groups (broad SMARTS) is 1. The zero-order valence-electron chi connectivity index (χ0n) is 23.7. The largest absolute Gasteiger partial charge is 0.481 e. The lowest BCUT2D eigenvalue weighted by atomic mass is 9.57. The summed E-state index contributed by atoms with van der Waals surface area (Å²) >= 11 is 12.3. The Labute approximate surface area is 255 Å². The zero-order valence-corrected chi connectivity index (χ0v) is 25.2. The van der Waals surface area contributed by atoms with Crippen LogP contribution in [0, 0.1) is 22.6 Å². The van der Waals surface area contributed by atoms with Gasteiger partial charge in [0.15, 0.2) is 11.5 Å². The van der Waals surface area contributed by atoms with Crippen LogP contribution in [-0.2, 0) is 16.5 Å². The molecule has 2 atom stereocenters. The third-order valence-electron chi connectivity index (χ3n) is 11.2. The number of Topliss-reactive ketones (excluding diaryl/α,β-unsaturated/α-hetero) is 1. The Balaban J connectivity index is 1.42. The van der Waals surface area contributed by atoms with Crippen LogP contribution < -0.4 is 0 Å². The van der Waals surface area contributed by atoms with Gasteiger partial charge in [0.2, 0.25) is 0 Å². The summed E-state index contributed by atoms with van der Waals surface area (Å²) in [5.41, 5.74) is -5.39. The lowest BCUT2D eigenvalue weighted by Crippen LogP contribution is -2.52. The molecule has 0 saturated heterocycles. The molecule has 1 heterocycles. The number of hydrogen-bond acceptors (Lipinski definition) is 4. The lowest BCUT2D eigenvalue weighted by Gasteiger charge is -2.51. The van der Waals surface area contributed by atoms with Crippen molar-refractivity contribution in [3.05, 3.63) is 51.0 Å². The Morgan fingerprint density at radius 1 is 1.05 bits per heavy atom. The van der Waals surface area contributed by atoms with E-state index in [4.69, 9.17) is 23.2 Å². The van der Waals surface area contributed by atoms with Gasteiger partial charge < -0.3 is 10.0 Å². The van der Waals surface area contributed by atoms with Crippen molar-refractivity contribution in [1.82, 2.24) is 14.7 Å². The first kappa shape index (κ1) is 30.4. The van der Waals surface area contributed by atoms with Crippen molar-refractivity contribution in [2.45, 2.75) is 88.9 Å². The minimum Gasteiger partial charge on any atom is -0.481 e. The monoisotopic (exact) mass is 643 g/mol. The van der Waals surface area contributed by atoms with Gasteiger partial charge in [-0.05, 0) is 74.8 Å². The first-order chi connectivity index (χ1) is 20.0. The number of hydrogen-bond donors (Lipinski definition) is 1. The highest BCUT2D eigenvalue weighted by molar-refractivity contribution is 6.40. The third kappa shape index (κ3) is 4.27. The smallest absolute Gasteiger partial charge is 0.433 e. The van der Waals surface area contributed by atoms with Crippen molar-refractivity contribution >= 4 is 40.9 Å². The van der Waals surface area contributed by atoms with E-state index in [9.17, 15) is 37.1 Å². The molecule has 13 heteroatoms. The first-order valence-corrected chi connectivity index (χ1v) is 15.2. The normalized spacial score (nSPS) is 30.7. The molecule has 1 aromatic carbocycles. The summed E-state index contributed by atoms with van der Waals surface area (Å²) < 4.78 is 59.4. The average Bonchev–Trinajstić information content (AvgIpc) is 3.38. The minimum absolute atomic E-state index is 0.0280. The molecule has 5 saturated carbocycles. The highest BCUT2D eigenvalue weighted by atomic mass is 35.5. The summed E-state index contributed by atoms with van der Waals surface area (Å²) in [6.45, 7) is 3.27. The maximum Gasteiger partial charge on any atom is 0.433 e. The molecule has 1 aromatic heterocycles. The van der Waals surface area contributed by atoms with E-state index in [1.807, 2.05) is 13.8 Å². The molecular formula is C30H31Cl2F4N3O4. The van der Waals surface area contributed by atoms with Gasteiger partial charge in [-0.1, -0.05) is 43.5 Å². The van der Waals surface area contributed by atoms with Crippen molar-refractivity contribution < 1.29 is 37.1 Å². The summed E-state index contributed by atoms with van der Waals surface area (Å²) in [5, 5.41) is 13.4. The molecule has 7 rings (SSSR count). The maximum absolute atomic E-state index is 14.9. The quantitative estimate of drug-likeness (QED) is 0.251. The number of halogens is 6. The molecule has 2 bridgehead atoms. The van der Waals surface area contributed by atoms with Crippen molar-refractivity contribution in [2.24, 2.45) is 16.7 Å². The van der Waals surface area contributed by atoms with Crippen LogP contribution in [0.4, 0.5) is 17.6 Å². The number of alkyl halides is 3. The van der Waals surface area contributed by atoms with Crippen molar-refractivity contribution in [3.8, 4) is 0 Å². The number of ketones is 1. The van der Waals surface area contributed by atoms with E-state index >= 15 is 0 Å². The van der Waals surface area contributed by atoms with Gasteiger partial charge in [-0.15, -0.1) is 0 Å². The molecule has 43 heavy (non-hydrogen) atoms. The SMILES string of the molecule is CC1(C)C2CCCC21N(CC(=O)c1c(Cl)cc(F)cc1Cl)C(=O)c1cnn(C23CCC(C(=O)O)(CC2)CC3)c1C(F)(F)F. The Morgan fingerprint density at radius 2 is 1.63 bits per heavy atom. The van der Waals surface area contributed by atoms with Crippen molar-refractivity contribution in [2.75, 3.05) is 6.54 Å². The third-order valence-corrected chi connectivity index (χ3v) is 11.8. The molecular weight excluding hydrogens is 613 g/mol. The van der Waals surface area contributed by atoms with Gasteiger partial charge in [0.25, 0.3) is 5.91 Å². The highest BCUT2D eigenvalue weighted by Gasteiger charge is 2.76. The zero-order chi connectivity index (χ0) is 31.3. The van der Waals surface area contributed by atoms with E-state index in [2.05, 4.69) is 5.10 Å². The van der Waals surface area contributed by atoms with Crippen molar-refractivity contribution in [3.63, 3.8) is 0 Å². The average molecular weight is 644 g/mol. The molecule has 2 aromatic rings. The van der Waals surface area contributed by atoms with Crippen molar-refractivity contribution in [1.29, 1.82) is 0 Å². The fourth-order valence-corrected chi connectivity index (χ4v) is 9.47. The predicted molar refractivity (Wildman–Crippen MR) is 149 cm³/mol. The Kier molecular flexibility index (Phi) is 6.83. The van der Waals surface area contributed by atoms with Crippen LogP contribution >= 0.6 is 23.2 Å². The summed E-state index contributed by atoms with van der Waals surface area (Å²) in [6, 6.07) is 1.84. The summed E-state index contributed by atoms with van der Waals surface area (Å²) in [6.07, 6.45) is -0.775. The number of fused-ring (bicyclic) bond motifs is 4. The topological polar surface area (TPSA) is 92.5 Å². The number of amides is 1. The van der Waals surface area contributed by atoms with E-state index in [-0.39, 0.29) is 60.1 Å². The number of carbonyl (C=O) groups is 3. The number of benzene rings is 1. The fourth-order valence-electron chi connectivity index (χ4n) is 8.80. The van der Waals surface area contributed by atoms with Gasteiger partial charge in [-0.25, -0.2) is 4.39 Å². The molecule has 5 fully saturated rings. The number of aromatic nitrogens is 2. The second-order valence-corrected chi connectivity index (χ2v) is 14.1. The molecule has 1 N–H and O–H groups in total. The van der Waals surface area contributed by atoms with Gasteiger partial charge in [0.05, 0.1) is 50.4 Å². The molecule has 5 aliphatic carbocycles. The number of nitrogens with zero attached hydrogens (tertiary/aromatic N) is 3. The predicted octanol–water partition coefficient (Wildman–Crippen LogP) is 7.39. The van der Waals surface area contributed by atoms with E-state index < -0.39 is 69.4 Å². The number of carbonyl (C=O) groups excluding carboxylic acids is 2. The summed E-state index contributed by atoms with van der Waals surface area (Å²) in [4.78, 5) is 41.1. The van der Waals surface area contributed by atoms with Crippen LogP contribution in [-0.4, -0.2) is 49.5 Å². The fraction of sp³-hybridized carbons (Fsp3) is 0.600. The molecule has 0 aliphatic heterocycles. The van der Waals surface area contributed by atoms with E-state index in [0.717, 1.165) is 35.9 Å². The maximum atomic E-state index is 14.9. The minimum atomic E-state index is -4.96. The first-order valence-electron chi connectivity index (χ1n) is 14.4. The summed E-state index contributed by atoms with van der Waals surface area (Å²) in [5.74, 6) is -3.41. The molecule has 0 spiro atoms.